The minimum atomic E-state index is 0.869. The number of nitrogens with one attached hydrogen (secondary N) is 1. The van der Waals surface area contributed by atoms with Crippen LogP contribution in [0.1, 0.15) is 25.7 Å². The van der Waals surface area contributed by atoms with Gasteiger partial charge >= 0.3 is 0 Å². The Kier molecular flexibility index (Phi) is 2.56. The molecule has 1 aliphatic rings. The number of anilines is 1. The van der Waals surface area contributed by atoms with Crippen molar-refractivity contribution in [3.8, 4) is 0 Å². The summed E-state index contributed by atoms with van der Waals surface area (Å²) in [6.45, 7) is 1.08. The first kappa shape index (κ1) is 7.98. The minimum Gasteiger partial charge on any atom is -0.360 e. The minimum absolute atomic E-state index is 0.869. The summed E-state index contributed by atoms with van der Waals surface area (Å²) in [5.41, 5.74) is 1.76. The molecule has 3 nitrogen and oxygen atoms in total. The first-order chi connectivity index (χ1) is 5.95. The Morgan fingerprint density at radius 1 is 1.50 bits per heavy atom. The Morgan fingerprint density at radius 2 is 2.33 bits per heavy atom. The van der Waals surface area contributed by atoms with Crippen molar-refractivity contribution in [2.75, 3.05) is 11.9 Å². The summed E-state index contributed by atoms with van der Waals surface area (Å²) >= 11 is 1.57. The second-order valence-corrected chi connectivity index (χ2v) is 4.11. The molecule has 12 heavy (non-hydrogen) atoms. The number of nitrogens with zero attached hydrogens (tertiary/aromatic N) is 2. The van der Waals surface area contributed by atoms with E-state index < -0.39 is 0 Å². The average Bonchev–Trinajstić information content (AvgIpc) is 2.74. The second kappa shape index (κ2) is 3.85. The van der Waals surface area contributed by atoms with Crippen LogP contribution in [-0.4, -0.2) is 16.7 Å². The highest BCUT2D eigenvalue weighted by Crippen LogP contribution is 2.24. The fourth-order valence-electron chi connectivity index (χ4n) is 1.70. The van der Waals surface area contributed by atoms with Crippen LogP contribution in [0.2, 0.25) is 0 Å². The molecule has 4 heteroatoms. The van der Waals surface area contributed by atoms with Crippen LogP contribution in [0, 0.1) is 5.92 Å². The smallest absolute Gasteiger partial charge is 0.205 e. The molecule has 1 aromatic rings. The Morgan fingerprint density at radius 3 is 3.00 bits per heavy atom. The van der Waals surface area contributed by atoms with E-state index in [4.69, 9.17) is 0 Å². The molecular formula is C8H13N3S. The maximum Gasteiger partial charge on any atom is 0.205 e. The third kappa shape index (κ3) is 1.94. The Bertz CT molecular complexity index is 216. The first-order valence-corrected chi connectivity index (χ1v) is 5.33. The van der Waals surface area contributed by atoms with Gasteiger partial charge in [-0.25, -0.2) is 0 Å². The second-order valence-electron chi connectivity index (χ2n) is 3.28. The van der Waals surface area contributed by atoms with E-state index in [-0.39, 0.29) is 0 Å². The summed E-state index contributed by atoms with van der Waals surface area (Å²) in [4.78, 5) is 0. The van der Waals surface area contributed by atoms with Gasteiger partial charge in [-0.3, -0.25) is 0 Å². The highest BCUT2D eigenvalue weighted by Gasteiger charge is 2.14. The van der Waals surface area contributed by atoms with Gasteiger partial charge in [0, 0.05) is 6.54 Å². The molecular weight excluding hydrogens is 170 g/mol. The molecule has 0 unspecified atom stereocenters. The van der Waals surface area contributed by atoms with Gasteiger partial charge in [0.2, 0.25) is 5.13 Å². The number of aromatic nitrogens is 2. The van der Waals surface area contributed by atoms with Gasteiger partial charge in [0.05, 0.1) is 0 Å². The van der Waals surface area contributed by atoms with Crippen molar-refractivity contribution >= 4 is 16.5 Å². The molecule has 1 fully saturated rings. The van der Waals surface area contributed by atoms with E-state index in [9.17, 15) is 0 Å². The molecule has 1 aromatic heterocycles. The zero-order valence-electron chi connectivity index (χ0n) is 6.99. The molecule has 0 aromatic carbocycles. The van der Waals surface area contributed by atoms with E-state index in [0.717, 1.165) is 17.6 Å². The van der Waals surface area contributed by atoms with Crippen LogP contribution in [0.5, 0.6) is 0 Å². The molecule has 2 rings (SSSR count). The van der Waals surface area contributed by atoms with Gasteiger partial charge in [0.1, 0.15) is 5.51 Å². The molecule has 1 heterocycles. The topological polar surface area (TPSA) is 37.8 Å². The van der Waals surface area contributed by atoms with Gasteiger partial charge in [-0.2, -0.15) is 0 Å². The lowest BCUT2D eigenvalue weighted by Crippen LogP contribution is -2.10. The van der Waals surface area contributed by atoms with Crippen LogP contribution >= 0.6 is 11.3 Å². The fourth-order valence-corrected chi connectivity index (χ4v) is 2.15. The molecule has 0 radical (unpaired) electrons. The quantitative estimate of drug-likeness (QED) is 0.780. The zero-order chi connectivity index (χ0) is 8.23. The average molecular weight is 183 g/mol. The van der Waals surface area contributed by atoms with E-state index in [1.807, 2.05) is 0 Å². The van der Waals surface area contributed by atoms with Gasteiger partial charge in [-0.05, 0) is 18.8 Å². The van der Waals surface area contributed by atoms with E-state index in [2.05, 4.69) is 15.5 Å². The lowest BCUT2D eigenvalue weighted by Gasteiger charge is -2.07. The molecule has 0 atom stereocenters. The monoisotopic (exact) mass is 183 g/mol. The normalized spacial score (nSPS) is 18.3. The van der Waals surface area contributed by atoms with E-state index >= 15 is 0 Å². The van der Waals surface area contributed by atoms with Gasteiger partial charge in [-0.1, -0.05) is 24.2 Å². The van der Waals surface area contributed by atoms with Gasteiger partial charge in [-0.15, -0.1) is 10.2 Å². The lowest BCUT2D eigenvalue weighted by molar-refractivity contribution is 0.579. The predicted octanol–water partition coefficient (Wildman–Crippen LogP) is 2.14. The third-order valence-corrected chi connectivity index (χ3v) is 3.03. The van der Waals surface area contributed by atoms with Gasteiger partial charge in [0.25, 0.3) is 0 Å². The molecule has 0 bridgehead atoms. The van der Waals surface area contributed by atoms with Crippen molar-refractivity contribution in [2.45, 2.75) is 25.7 Å². The molecule has 66 valence electrons. The Hall–Kier alpha value is -0.640. The molecule has 1 N–H and O–H groups in total. The van der Waals surface area contributed by atoms with E-state index in [0.29, 0.717) is 0 Å². The largest absolute Gasteiger partial charge is 0.360 e. The summed E-state index contributed by atoms with van der Waals surface area (Å²) in [7, 11) is 0. The molecule has 0 spiro atoms. The summed E-state index contributed by atoms with van der Waals surface area (Å²) in [6.07, 6.45) is 5.57. The maximum atomic E-state index is 3.93. The van der Waals surface area contributed by atoms with Crippen LogP contribution in [0.3, 0.4) is 0 Å². The van der Waals surface area contributed by atoms with Crippen LogP contribution in [0.4, 0.5) is 5.13 Å². The van der Waals surface area contributed by atoms with E-state index in [1.54, 1.807) is 16.8 Å². The van der Waals surface area contributed by atoms with Crippen molar-refractivity contribution in [2.24, 2.45) is 5.92 Å². The van der Waals surface area contributed by atoms with Gasteiger partial charge in [0.15, 0.2) is 0 Å². The fraction of sp³-hybridized carbons (Fsp3) is 0.750. The number of hydrogen-bond donors (Lipinski definition) is 1. The standard InChI is InChI=1S/C8H13N3S/c1-2-4-7(3-1)5-9-8-11-10-6-12-8/h6-7H,1-5H2,(H,9,11). The maximum absolute atomic E-state index is 3.93. The summed E-state index contributed by atoms with van der Waals surface area (Å²) < 4.78 is 0. The van der Waals surface area contributed by atoms with Crippen LogP contribution in [-0.2, 0) is 0 Å². The zero-order valence-corrected chi connectivity index (χ0v) is 7.81. The molecule has 1 aliphatic carbocycles. The lowest BCUT2D eigenvalue weighted by atomic mass is 10.1. The number of rotatable bonds is 3. The van der Waals surface area contributed by atoms with Crippen LogP contribution < -0.4 is 5.32 Å². The van der Waals surface area contributed by atoms with Gasteiger partial charge < -0.3 is 5.32 Å². The summed E-state index contributed by atoms with van der Waals surface area (Å²) in [6, 6.07) is 0. The van der Waals surface area contributed by atoms with Crippen LogP contribution in [0.25, 0.3) is 0 Å². The predicted molar refractivity (Wildman–Crippen MR) is 50.4 cm³/mol. The molecule has 0 aliphatic heterocycles. The molecule has 0 amide bonds. The van der Waals surface area contributed by atoms with E-state index in [1.165, 1.54) is 25.7 Å². The highest BCUT2D eigenvalue weighted by atomic mass is 32.1. The SMILES string of the molecule is c1nnc(NCC2CCCC2)s1. The van der Waals surface area contributed by atoms with Crippen LogP contribution in [0.15, 0.2) is 5.51 Å². The third-order valence-electron chi connectivity index (χ3n) is 2.38. The van der Waals surface area contributed by atoms with Crippen molar-refractivity contribution in [3.05, 3.63) is 5.51 Å². The van der Waals surface area contributed by atoms with Crippen molar-refractivity contribution in [3.63, 3.8) is 0 Å². The van der Waals surface area contributed by atoms with Crippen molar-refractivity contribution in [1.29, 1.82) is 0 Å². The number of hydrogen-bond acceptors (Lipinski definition) is 4. The Labute approximate surface area is 76.2 Å². The highest BCUT2D eigenvalue weighted by molar-refractivity contribution is 7.13. The van der Waals surface area contributed by atoms with Crippen molar-refractivity contribution in [1.82, 2.24) is 10.2 Å². The summed E-state index contributed by atoms with van der Waals surface area (Å²) in [5, 5.41) is 12.0. The first-order valence-electron chi connectivity index (χ1n) is 4.45. The Balaban J connectivity index is 1.74. The molecule has 0 saturated heterocycles. The molecule has 1 saturated carbocycles. The summed E-state index contributed by atoms with van der Waals surface area (Å²) in [5.74, 6) is 0.869. The van der Waals surface area contributed by atoms with Crippen molar-refractivity contribution < 1.29 is 0 Å².